The molecule has 2 N–H and O–H groups in total. The third kappa shape index (κ3) is 3.82. The summed E-state index contributed by atoms with van der Waals surface area (Å²) in [4.78, 5) is 23.5. The molecule has 0 aliphatic rings. The molecule has 0 bridgehead atoms. The van der Waals surface area contributed by atoms with Crippen molar-refractivity contribution in [2.45, 2.75) is 26.3 Å². The zero-order valence-electron chi connectivity index (χ0n) is 12.9. The third-order valence-corrected chi connectivity index (χ3v) is 3.32. The van der Waals surface area contributed by atoms with Gasteiger partial charge in [-0.25, -0.2) is 9.48 Å². The minimum atomic E-state index is -1.09. The lowest BCUT2D eigenvalue weighted by Gasteiger charge is -2.11. The molecule has 0 saturated carbocycles. The van der Waals surface area contributed by atoms with Crippen molar-refractivity contribution in [3.8, 4) is 5.69 Å². The predicted octanol–water partition coefficient (Wildman–Crippen LogP) is 1.72. The number of carboxylic acid groups (broad SMARTS) is 1. The van der Waals surface area contributed by atoms with Crippen molar-refractivity contribution in [2.75, 3.05) is 0 Å². The number of nitrogens with zero attached hydrogens (tertiary/aromatic N) is 3. The van der Waals surface area contributed by atoms with Gasteiger partial charge < -0.3 is 10.4 Å². The molecule has 7 nitrogen and oxygen atoms in total. The van der Waals surface area contributed by atoms with Crippen molar-refractivity contribution in [3.05, 3.63) is 53.9 Å². The van der Waals surface area contributed by atoms with Crippen LogP contribution in [0.15, 0.2) is 42.5 Å². The van der Waals surface area contributed by atoms with E-state index in [1.807, 2.05) is 30.3 Å². The number of amides is 1. The average Bonchev–Trinajstić information content (AvgIpc) is 2.93. The summed E-state index contributed by atoms with van der Waals surface area (Å²) in [7, 11) is 0. The van der Waals surface area contributed by atoms with Crippen molar-refractivity contribution in [2.24, 2.45) is 0 Å². The lowest BCUT2D eigenvalue weighted by atomic mass is 10.2. The lowest BCUT2D eigenvalue weighted by Crippen LogP contribution is -2.40. The van der Waals surface area contributed by atoms with Gasteiger partial charge in [-0.05, 0) is 32.4 Å². The van der Waals surface area contributed by atoms with Crippen LogP contribution >= 0.6 is 0 Å². The summed E-state index contributed by atoms with van der Waals surface area (Å²) in [6.45, 7) is 3.50. The highest BCUT2D eigenvalue weighted by Crippen LogP contribution is 2.12. The molecule has 7 heteroatoms. The largest absolute Gasteiger partial charge is 0.480 e. The maximum Gasteiger partial charge on any atom is 0.326 e. The Balaban J connectivity index is 2.20. The topological polar surface area (TPSA) is 97.1 Å². The maximum atomic E-state index is 12.3. The first-order chi connectivity index (χ1) is 11.0. The summed E-state index contributed by atoms with van der Waals surface area (Å²) in [5.74, 6) is -1.65. The molecular weight excluding hydrogens is 296 g/mol. The van der Waals surface area contributed by atoms with Gasteiger partial charge >= 0.3 is 5.97 Å². The summed E-state index contributed by atoms with van der Waals surface area (Å²) in [6.07, 6.45) is 3.63. The van der Waals surface area contributed by atoms with Crippen molar-refractivity contribution < 1.29 is 14.7 Å². The van der Waals surface area contributed by atoms with E-state index in [4.69, 9.17) is 5.11 Å². The van der Waals surface area contributed by atoms with Crippen LogP contribution in [0.2, 0.25) is 0 Å². The molecule has 0 spiro atoms. The number of carboxylic acids is 1. The number of carbonyl (C=O) groups excluding carboxylic acids is 1. The molecule has 2 rings (SSSR count). The van der Waals surface area contributed by atoms with E-state index in [9.17, 15) is 9.59 Å². The van der Waals surface area contributed by atoms with Gasteiger partial charge in [0.25, 0.3) is 5.91 Å². The molecule has 1 unspecified atom stereocenters. The lowest BCUT2D eigenvalue weighted by molar-refractivity contribution is -0.139. The zero-order chi connectivity index (χ0) is 16.8. The Morgan fingerprint density at radius 2 is 2.04 bits per heavy atom. The molecule has 0 saturated heterocycles. The van der Waals surface area contributed by atoms with Gasteiger partial charge in [0.2, 0.25) is 0 Å². The Kier molecular flexibility index (Phi) is 5.24. The van der Waals surface area contributed by atoms with E-state index >= 15 is 0 Å². The number of allylic oxidation sites excluding steroid dienone is 1. The molecule has 23 heavy (non-hydrogen) atoms. The van der Waals surface area contributed by atoms with E-state index < -0.39 is 17.9 Å². The van der Waals surface area contributed by atoms with Crippen molar-refractivity contribution >= 4 is 11.9 Å². The minimum Gasteiger partial charge on any atom is -0.480 e. The Morgan fingerprint density at radius 1 is 1.35 bits per heavy atom. The van der Waals surface area contributed by atoms with Crippen LogP contribution in [0.5, 0.6) is 0 Å². The van der Waals surface area contributed by atoms with E-state index in [0.29, 0.717) is 5.69 Å². The summed E-state index contributed by atoms with van der Waals surface area (Å²) in [5.41, 5.74) is 1.43. The molecule has 0 radical (unpaired) electrons. The van der Waals surface area contributed by atoms with E-state index in [1.54, 1.807) is 26.0 Å². The fraction of sp³-hybridized carbons (Fsp3) is 0.250. The zero-order valence-corrected chi connectivity index (χ0v) is 12.9. The molecule has 0 aliphatic heterocycles. The number of aromatic nitrogens is 3. The summed E-state index contributed by atoms with van der Waals surface area (Å²) in [6, 6.07) is 8.27. The highest BCUT2D eigenvalue weighted by Gasteiger charge is 2.23. The Hall–Kier alpha value is -2.96. The molecular formula is C16H18N4O3. The number of rotatable bonds is 6. The molecule has 120 valence electrons. The monoisotopic (exact) mass is 314 g/mol. The molecule has 1 aromatic carbocycles. The van der Waals surface area contributed by atoms with E-state index in [1.165, 1.54) is 4.68 Å². The maximum absolute atomic E-state index is 12.3. The van der Waals surface area contributed by atoms with Gasteiger partial charge in [0.05, 0.1) is 11.4 Å². The van der Waals surface area contributed by atoms with Crippen LogP contribution in [0.1, 0.15) is 29.5 Å². The van der Waals surface area contributed by atoms with Crippen molar-refractivity contribution in [3.63, 3.8) is 0 Å². The Bertz CT molecular complexity index is 722. The smallest absolute Gasteiger partial charge is 0.326 e. The van der Waals surface area contributed by atoms with Crippen LogP contribution in [0.25, 0.3) is 5.69 Å². The van der Waals surface area contributed by atoms with Gasteiger partial charge in [-0.3, -0.25) is 4.79 Å². The van der Waals surface area contributed by atoms with Gasteiger partial charge in [-0.1, -0.05) is 35.6 Å². The minimum absolute atomic E-state index is 0.112. The second-order valence-corrected chi connectivity index (χ2v) is 4.94. The second-order valence-electron chi connectivity index (χ2n) is 4.94. The van der Waals surface area contributed by atoms with E-state index in [-0.39, 0.29) is 12.1 Å². The Labute approximate surface area is 133 Å². The SMILES string of the molecule is C/C=C/CC(NC(=O)c1nnn(-c2ccccc2)c1C)C(=O)O. The first-order valence-electron chi connectivity index (χ1n) is 7.17. The molecule has 1 atom stereocenters. The van der Waals surface area contributed by atoms with Crippen molar-refractivity contribution in [1.29, 1.82) is 0 Å². The van der Waals surface area contributed by atoms with Gasteiger partial charge in [-0.2, -0.15) is 0 Å². The number of carbonyl (C=O) groups is 2. The second kappa shape index (κ2) is 7.35. The van der Waals surface area contributed by atoms with Crippen LogP contribution in [0.3, 0.4) is 0 Å². The summed E-state index contributed by atoms with van der Waals surface area (Å²) >= 11 is 0. The molecule has 1 aromatic heterocycles. The molecule has 0 fully saturated rings. The van der Waals surface area contributed by atoms with E-state index in [2.05, 4.69) is 15.6 Å². The fourth-order valence-electron chi connectivity index (χ4n) is 2.07. The highest BCUT2D eigenvalue weighted by molar-refractivity contribution is 5.95. The molecule has 0 aliphatic carbocycles. The van der Waals surface area contributed by atoms with Gasteiger partial charge in [0, 0.05) is 0 Å². The van der Waals surface area contributed by atoms with Gasteiger partial charge in [-0.15, -0.1) is 5.10 Å². The molecule has 1 amide bonds. The molecule has 2 aromatic rings. The summed E-state index contributed by atoms with van der Waals surface area (Å²) < 4.78 is 1.54. The van der Waals surface area contributed by atoms with Crippen LogP contribution in [-0.4, -0.2) is 38.0 Å². The van der Waals surface area contributed by atoms with Crippen LogP contribution < -0.4 is 5.32 Å². The number of aliphatic carboxylic acids is 1. The number of hydrogen-bond donors (Lipinski definition) is 2. The van der Waals surface area contributed by atoms with Crippen LogP contribution in [0, 0.1) is 6.92 Å². The normalized spacial score (nSPS) is 12.3. The van der Waals surface area contributed by atoms with Gasteiger partial charge in [0.1, 0.15) is 6.04 Å². The molecule has 1 heterocycles. The highest BCUT2D eigenvalue weighted by atomic mass is 16.4. The van der Waals surface area contributed by atoms with Crippen molar-refractivity contribution in [1.82, 2.24) is 20.3 Å². The standard InChI is InChI=1S/C16H18N4O3/c1-3-4-10-13(16(22)23)17-15(21)14-11(2)20(19-18-14)12-8-6-5-7-9-12/h3-9,13H,10H2,1-2H3,(H,17,21)(H,22,23)/b4-3+. The number of hydrogen-bond acceptors (Lipinski definition) is 4. The quantitative estimate of drug-likeness (QED) is 0.791. The first kappa shape index (κ1) is 16.4. The number of para-hydroxylation sites is 1. The fourth-order valence-corrected chi connectivity index (χ4v) is 2.07. The number of nitrogens with one attached hydrogen (secondary N) is 1. The Morgan fingerprint density at radius 3 is 2.65 bits per heavy atom. The predicted molar refractivity (Wildman–Crippen MR) is 84.4 cm³/mol. The summed E-state index contributed by atoms with van der Waals surface area (Å²) in [5, 5.41) is 19.5. The van der Waals surface area contributed by atoms with Crippen LogP contribution in [0.4, 0.5) is 0 Å². The van der Waals surface area contributed by atoms with Gasteiger partial charge in [0.15, 0.2) is 5.69 Å². The first-order valence-corrected chi connectivity index (χ1v) is 7.17. The third-order valence-electron chi connectivity index (χ3n) is 3.32. The van der Waals surface area contributed by atoms with E-state index in [0.717, 1.165) is 5.69 Å². The number of benzene rings is 1. The average molecular weight is 314 g/mol. The van der Waals surface area contributed by atoms with Crippen LogP contribution in [-0.2, 0) is 4.79 Å².